The second kappa shape index (κ2) is 7.49. The van der Waals surface area contributed by atoms with E-state index in [4.69, 9.17) is 9.47 Å². The van der Waals surface area contributed by atoms with E-state index in [9.17, 15) is 14.7 Å². The molecule has 132 valence electrons. The summed E-state index contributed by atoms with van der Waals surface area (Å²) in [5.41, 5.74) is -0.631. The number of aliphatic hydroxyl groups excluding tert-OH is 1. The van der Waals surface area contributed by atoms with Gasteiger partial charge in [0.05, 0.1) is 12.6 Å². The van der Waals surface area contributed by atoms with Crippen molar-refractivity contribution < 1.29 is 24.2 Å². The molecule has 0 bridgehead atoms. The molecule has 7 heteroatoms. The van der Waals surface area contributed by atoms with Crippen LogP contribution in [0, 0.1) is 5.92 Å². The van der Waals surface area contributed by atoms with E-state index in [1.54, 1.807) is 20.8 Å². The third kappa shape index (κ3) is 5.35. The number of amides is 2. The van der Waals surface area contributed by atoms with Gasteiger partial charge in [-0.25, -0.2) is 4.79 Å². The summed E-state index contributed by atoms with van der Waals surface area (Å²) in [4.78, 5) is 26.0. The van der Waals surface area contributed by atoms with E-state index in [-0.39, 0.29) is 18.9 Å². The molecule has 2 saturated heterocycles. The lowest BCUT2D eigenvalue weighted by atomic mass is 10.0. The molecule has 2 rings (SSSR count). The van der Waals surface area contributed by atoms with Crippen LogP contribution in [-0.4, -0.2) is 66.1 Å². The number of carbonyl (C=O) groups is 2. The number of hydrogen-bond donors (Lipinski definition) is 2. The van der Waals surface area contributed by atoms with Gasteiger partial charge in [0.2, 0.25) is 5.91 Å². The van der Waals surface area contributed by atoms with E-state index >= 15 is 0 Å². The summed E-state index contributed by atoms with van der Waals surface area (Å²) < 4.78 is 10.6. The van der Waals surface area contributed by atoms with Gasteiger partial charge in [-0.1, -0.05) is 0 Å². The van der Waals surface area contributed by atoms with Crippen molar-refractivity contribution >= 4 is 12.0 Å². The van der Waals surface area contributed by atoms with Gasteiger partial charge < -0.3 is 19.9 Å². The SMILES string of the molecule is CC(C)(C)OC(=O)N1CC(O)CC1C(=O)NCC1CCOCC1. The van der Waals surface area contributed by atoms with Crippen LogP contribution in [0.25, 0.3) is 0 Å². The molecule has 2 atom stereocenters. The highest BCUT2D eigenvalue weighted by atomic mass is 16.6. The first kappa shape index (κ1) is 18.0. The second-order valence-corrected chi connectivity index (χ2v) is 7.34. The van der Waals surface area contributed by atoms with E-state index < -0.39 is 23.8 Å². The van der Waals surface area contributed by atoms with Crippen molar-refractivity contribution in [3.05, 3.63) is 0 Å². The van der Waals surface area contributed by atoms with Gasteiger partial charge in [-0.2, -0.15) is 0 Å². The Hall–Kier alpha value is -1.34. The Morgan fingerprint density at radius 3 is 2.57 bits per heavy atom. The van der Waals surface area contributed by atoms with E-state index in [1.807, 2.05) is 0 Å². The lowest BCUT2D eigenvalue weighted by Gasteiger charge is -2.28. The number of ether oxygens (including phenoxy) is 2. The first-order valence-corrected chi connectivity index (χ1v) is 8.29. The Labute approximate surface area is 137 Å². The summed E-state index contributed by atoms with van der Waals surface area (Å²) in [7, 11) is 0. The third-order valence-corrected chi connectivity index (χ3v) is 4.12. The molecule has 7 nitrogen and oxygen atoms in total. The quantitative estimate of drug-likeness (QED) is 0.804. The first-order valence-electron chi connectivity index (χ1n) is 8.29. The summed E-state index contributed by atoms with van der Waals surface area (Å²) >= 11 is 0. The van der Waals surface area contributed by atoms with Crippen molar-refractivity contribution in [3.63, 3.8) is 0 Å². The summed E-state index contributed by atoms with van der Waals surface area (Å²) in [5.74, 6) is 0.188. The van der Waals surface area contributed by atoms with Crippen LogP contribution in [0.1, 0.15) is 40.0 Å². The van der Waals surface area contributed by atoms with Crippen molar-refractivity contribution in [2.75, 3.05) is 26.3 Å². The van der Waals surface area contributed by atoms with Gasteiger partial charge in [0.25, 0.3) is 0 Å². The standard InChI is InChI=1S/C16H28N2O5/c1-16(2,3)23-15(21)18-10-12(19)8-13(18)14(20)17-9-11-4-6-22-7-5-11/h11-13,19H,4-10H2,1-3H3,(H,17,20). The molecule has 0 aromatic rings. The molecule has 0 aromatic carbocycles. The topological polar surface area (TPSA) is 88.1 Å². The highest BCUT2D eigenvalue weighted by Crippen LogP contribution is 2.22. The van der Waals surface area contributed by atoms with E-state index in [2.05, 4.69) is 5.32 Å². The molecule has 2 fully saturated rings. The second-order valence-electron chi connectivity index (χ2n) is 7.34. The van der Waals surface area contributed by atoms with Crippen molar-refractivity contribution in [2.24, 2.45) is 5.92 Å². The van der Waals surface area contributed by atoms with Gasteiger partial charge in [0, 0.05) is 26.2 Å². The van der Waals surface area contributed by atoms with Crippen LogP contribution >= 0.6 is 0 Å². The smallest absolute Gasteiger partial charge is 0.411 e. The molecule has 0 radical (unpaired) electrons. The van der Waals surface area contributed by atoms with E-state index in [0.29, 0.717) is 12.5 Å². The lowest BCUT2D eigenvalue weighted by molar-refractivity contribution is -0.125. The van der Waals surface area contributed by atoms with E-state index in [0.717, 1.165) is 26.1 Å². The Kier molecular flexibility index (Phi) is 5.86. The fourth-order valence-electron chi connectivity index (χ4n) is 2.90. The molecule has 23 heavy (non-hydrogen) atoms. The first-order chi connectivity index (χ1) is 10.8. The average Bonchev–Trinajstić information content (AvgIpc) is 2.86. The molecule has 0 aromatic heterocycles. The maximum Gasteiger partial charge on any atom is 0.411 e. The molecule has 2 N–H and O–H groups in total. The number of aliphatic hydroxyl groups is 1. The fourth-order valence-corrected chi connectivity index (χ4v) is 2.90. The van der Waals surface area contributed by atoms with Gasteiger partial charge >= 0.3 is 6.09 Å². The lowest BCUT2D eigenvalue weighted by Crippen LogP contribution is -2.48. The number of carbonyl (C=O) groups excluding carboxylic acids is 2. The summed E-state index contributed by atoms with van der Waals surface area (Å²) in [6.45, 7) is 7.49. The van der Waals surface area contributed by atoms with Gasteiger partial charge in [-0.3, -0.25) is 9.69 Å². The largest absolute Gasteiger partial charge is 0.444 e. The normalized spacial score (nSPS) is 26.2. The molecule has 2 heterocycles. The Morgan fingerprint density at radius 1 is 1.30 bits per heavy atom. The van der Waals surface area contributed by atoms with Crippen LogP contribution in [0.3, 0.4) is 0 Å². The minimum atomic E-state index is -0.693. The van der Waals surface area contributed by atoms with Crippen LogP contribution < -0.4 is 5.32 Å². The van der Waals surface area contributed by atoms with Crippen molar-refractivity contribution in [3.8, 4) is 0 Å². The molecule has 2 amide bonds. The number of β-amino-alcohol motifs (C(OH)–C–C–N with tert-alkyl or cyclic N) is 1. The third-order valence-electron chi connectivity index (χ3n) is 4.12. The zero-order valence-corrected chi connectivity index (χ0v) is 14.2. The number of likely N-dealkylation sites (tertiary alicyclic amines) is 1. The number of hydrogen-bond acceptors (Lipinski definition) is 5. The minimum Gasteiger partial charge on any atom is -0.444 e. The minimum absolute atomic E-state index is 0.129. The van der Waals surface area contributed by atoms with Crippen LogP contribution in [0.4, 0.5) is 4.79 Å². The van der Waals surface area contributed by atoms with Crippen molar-refractivity contribution in [1.82, 2.24) is 10.2 Å². The number of nitrogens with one attached hydrogen (secondary N) is 1. The maximum absolute atomic E-state index is 12.4. The highest BCUT2D eigenvalue weighted by molar-refractivity contribution is 5.86. The monoisotopic (exact) mass is 328 g/mol. The summed E-state index contributed by atoms with van der Waals surface area (Å²) in [6, 6.07) is -0.667. The van der Waals surface area contributed by atoms with Crippen molar-refractivity contribution in [1.29, 1.82) is 0 Å². The van der Waals surface area contributed by atoms with Crippen LogP contribution in [0.5, 0.6) is 0 Å². The van der Waals surface area contributed by atoms with Crippen LogP contribution in [0.2, 0.25) is 0 Å². The Morgan fingerprint density at radius 2 is 1.96 bits per heavy atom. The number of nitrogens with zero attached hydrogens (tertiary/aromatic N) is 1. The van der Waals surface area contributed by atoms with Gasteiger partial charge in [-0.05, 0) is 39.5 Å². The molecule has 0 aliphatic carbocycles. The van der Waals surface area contributed by atoms with E-state index in [1.165, 1.54) is 4.90 Å². The van der Waals surface area contributed by atoms with Gasteiger partial charge in [-0.15, -0.1) is 0 Å². The molecule has 2 unspecified atom stereocenters. The molecule has 2 aliphatic rings. The zero-order valence-electron chi connectivity index (χ0n) is 14.2. The van der Waals surface area contributed by atoms with Crippen LogP contribution in [0.15, 0.2) is 0 Å². The molecule has 0 saturated carbocycles. The maximum atomic E-state index is 12.4. The zero-order chi connectivity index (χ0) is 17.0. The molecular weight excluding hydrogens is 300 g/mol. The Balaban J connectivity index is 1.89. The highest BCUT2D eigenvalue weighted by Gasteiger charge is 2.40. The van der Waals surface area contributed by atoms with Crippen molar-refractivity contribution in [2.45, 2.75) is 57.8 Å². The summed E-state index contributed by atoms with van der Waals surface area (Å²) in [6.07, 6.45) is 0.868. The van der Waals surface area contributed by atoms with Crippen LogP contribution in [-0.2, 0) is 14.3 Å². The molecular formula is C16H28N2O5. The predicted octanol–water partition coefficient (Wildman–Crippen LogP) is 0.899. The molecule has 0 spiro atoms. The number of rotatable bonds is 3. The predicted molar refractivity (Wildman–Crippen MR) is 83.9 cm³/mol. The Bertz CT molecular complexity index is 429. The van der Waals surface area contributed by atoms with Gasteiger partial charge in [0.15, 0.2) is 0 Å². The average molecular weight is 328 g/mol. The fraction of sp³-hybridized carbons (Fsp3) is 0.875. The molecule has 2 aliphatic heterocycles. The summed E-state index contributed by atoms with van der Waals surface area (Å²) in [5, 5.41) is 12.7. The van der Waals surface area contributed by atoms with Gasteiger partial charge in [0.1, 0.15) is 11.6 Å².